The summed E-state index contributed by atoms with van der Waals surface area (Å²) in [5.74, 6) is -0.180. The highest BCUT2D eigenvalue weighted by molar-refractivity contribution is 5.43. The van der Waals surface area contributed by atoms with E-state index in [1.54, 1.807) is 6.07 Å². The lowest BCUT2D eigenvalue weighted by molar-refractivity contribution is 0.596. The molecule has 0 unspecified atom stereocenters. The van der Waals surface area contributed by atoms with Gasteiger partial charge in [-0.25, -0.2) is 18.7 Å². The molecule has 5 heteroatoms. The molecule has 0 amide bonds. The number of hydrogen-bond acceptors (Lipinski definition) is 3. The van der Waals surface area contributed by atoms with E-state index in [0.29, 0.717) is 12.1 Å². The summed E-state index contributed by atoms with van der Waals surface area (Å²) in [4.78, 5) is 7.84. The number of nitrogens with zero attached hydrogens (tertiary/aromatic N) is 2. The van der Waals surface area contributed by atoms with Crippen LogP contribution >= 0.6 is 0 Å². The molecule has 1 aliphatic carbocycles. The van der Waals surface area contributed by atoms with Crippen LogP contribution in [0.5, 0.6) is 0 Å². The van der Waals surface area contributed by atoms with Gasteiger partial charge < -0.3 is 5.32 Å². The van der Waals surface area contributed by atoms with E-state index in [1.165, 1.54) is 18.5 Å². The fourth-order valence-corrected chi connectivity index (χ4v) is 2.39. The lowest BCUT2D eigenvalue weighted by Crippen LogP contribution is -2.10. The third kappa shape index (κ3) is 2.48. The number of anilines is 1. The van der Waals surface area contributed by atoms with Gasteiger partial charge in [-0.15, -0.1) is 0 Å². The Bertz CT molecular complexity index is 630. The lowest BCUT2D eigenvalue weighted by Gasteiger charge is -2.08. The molecule has 0 saturated heterocycles. The molecule has 0 radical (unpaired) electrons. The smallest absolute Gasteiger partial charge is 0.186 e. The summed E-state index contributed by atoms with van der Waals surface area (Å²) >= 11 is 0. The molecule has 3 rings (SSSR count). The first kappa shape index (κ1) is 13.0. The van der Waals surface area contributed by atoms with Gasteiger partial charge >= 0.3 is 0 Å². The SMILES string of the molecule is CCc1ncnc(N[C@@H]2C[C@H]2c2cccc(F)c2)c1F. The number of hydrogen-bond donors (Lipinski definition) is 1. The standard InChI is InChI=1S/C15H15F2N3/c1-2-12-14(17)15(19-8-18-12)20-13-7-11(13)9-4-3-5-10(16)6-9/h3-6,8,11,13H,2,7H2,1H3,(H,18,19,20)/t11-,13+/m0/s1. The Balaban J connectivity index is 1.72. The average molecular weight is 275 g/mol. The number of rotatable bonds is 4. The fraction of sp³-hybridized carbons (Fsp3) is 0.333. The first-order chi connectivity index (χ1) is 9.69. The molecule has 2 atom stereocenters. The Labute approximate surface area is 116 Å². The van der Waals surface area contributed by atoms with E-state index in [1.807, 2.05) is 13.0 Å². The first-order valence-corrected chi connectivity index (χ1v) is 6.70. The zero-order valence-corrected chi connectivity index (χ0v) is 11.1. The van der Waals surface area contributed by atoms with Crippen molar-refractivity contribution in [3.05, 3.63) is 53.5 Å². The molecule has 0 spiro atoms. The molecule has 3 nitrogen and oxygen atoms in total. The van der Waals surface area contributed by atoms with E-state index in [2.05, 4.69) is 15.3 Å². The van der Waals surface area contributed by atoms with Crippen molar-refractivity contribution >= 4 is 5.82 Å². The maximum absolute atomic E-state index is 14.0. The van der Waals surface area contributed by atoms with Gasteiger partial charge in [0.05, 0.1) is 5.69 Å². The first-order valence-electron chi connectivity index (χ1n) is 6.70. The molecule has 0 bridgehead atoms. The van der Waals surface area contributed by atoms with Crippen LogP contribution in [0, 0.1) is 11.6 Å². The third-order valence-corrected chi connectivity index (χ3v) is 3.59. The second kappa shape index (κ2) is 5.15. The monoisotopic (exact) mass is 275 g/mol. The largest absolute Gasteiger partial charge is 0.364 e. The zero-order chi connectivity index (χ0) is 14.1. The molecule has 2 aromatic rings. The van der Waals surface area contributed by atoms with E-state index in [9.17, 15) is 8.78 Å². The van der Waals surface area contributed by atoms with Crippen molar-refractivity contribution in [1.29, 1.82) is 0 Å². The van der Waals surface area contributed by atoms with Crippen molar-refractivity contribution in [1.82, 2.24) is 9.97 Å². The predicted octanol–water partition coefficient (Wildman–Crippen LogP) is 3.29. The molecule has 104 valence electrons. The van der Waals surface area contributed by atoms with E-state index in [4.69, 9.17) is 0 Å². The molecule has 1 heterocycles. The minimum absolute atomic E-state index is 0.103. The Hall–Kier alpha value is -2.04. The lowest BCUT2D eigenvalue weighted by atomic mass is 10.1. The number of aromatic nitrogens is 2. The summed E-state index contributed by atoms with van der Waals surface area (Å²) in [6, 6.07) is 6.64. The minimum atomic E-state index is -0.389. The van der Waals surface area contributed by atoms with Crippen molar-refractivity contribution in [2.24, 2.45) is 0 Å². The summed E-state index contributed by atoms with van der Waals surface area (Å²) in [6.45, 7) is 1.85. The molecule has 0 aliphatic heterocycles. The second-order valence-electron chi connectivity index (χ2n) is 4.98. The predicted molar refractivity (Wildman–Crippen MR) is 72.5 cm³/mol. The van der Waals surface area contributed by atoms with E-state index >= 15 is 0 Å². The van der Waals surface area contributed by atoms with Gasteiger partial charge in [0.25, 0.3) is 0 Å². The Morgan fingerprint density at radius 3 is 2.90 bits per heavy atom. The van der Waals surface area contributed by atoms with Gasteiger partial charge in [0.2, 0.25) is 0 Å². The summed E-state index contributed by atoms with van der Waals surface area (Å²) in [5, 5.41) is 3.08. The van der Waals surface area contributed by atoms with Crippen molar-refractivity contribution in [2.45, 2.75) is 31.7 Å². The molecule has 1 aromatic carbocycles. The maximum atomic E-state index is 14.0. The average Bonchev–Trinajstić information content (AvgIpc) is 3.20. The van der Waals surface area contributed by atoms with Crippen LogP contribution in [-0.2, 0) is 6.42 Å². The molecule has 1 N–H and O–H groups in total. The number of aryl methyl sites for hydroxylation is 1. The fourth-order valence-electron chi connectivity index (χ4n) is 2.39. The van der Waals surface area contributed by atoms with Crippen LogP contribution in [0.25, 0.3) is 0 Å². The molecular weight excluding hydrogens is 260 g/mol. The van der Waals surface area contributed by atoms with Gasteiger partial charge in [-0.3, -0.25) is 0 Å². The highest BCUT2D eigenvalue weighted by atomic mass is 19.1. The van der Waals surface area contributed by atoms with E-state index < -0.39 is 0 Å². The Morgan fingerprint density at radius 1 is 1.30 bits per heavy atom. The van der Waals surface area contributed by atoms with Gasteiger partial charge in [0, 0.05) is 12.0 Å². The van der Waals surface area contributed by atoms with E-state index in [0.717, 1.165) is 12.0 Å². The van der Waals surface area contributed by atoms with Gasteiger partial charge in [-0.05, 0) is 30.5 Å². The van der Waals surface area contributed by atoms with Crippen molar-refractivity contribution < 1.29 is 8.78 Å². The van der Waals surface area contributed by atoms with Gasteiger partial charge in [0.1, 0.15) is 12.1 Å². The van der Waals surface area contributed by atoms with Crippen molar-refractivity contribution in [3.8, 4) is 0 Å². The Morgan fingerprint density at radius 2 is 2.15 bits per heavy atom. The molecule has 1 saturated carbocycles. The van der Waals surface area contributed by atoms with Crippen LogP contribution in [-0.4, -0.2) is 16.0 Å². The van der Waals surface area contributed by atoms with Gasteiger partial charge in [0.15, 0.2) is 11.6 Å². The van der Waals surface area contributed by atoms with Crippen LogP contribution in [0.15, 0.2) is 30.6 Å². The maximum Gasteiger partial charge on any atom is 0.186 e. The van der Waals surface area contributed by atoms with Crippen LogP contribution in [0.3, 0.4) is 0 Å². The summed E-state index contributed by atoms with van der Waals surface area (Å²) in [7, 11) is 0. The highest BCUT2D eigenvalue weighted by Gasteiger charge is 2.39. The molecular formula is C15H15F2N3. The molecule has 1 aliphatic rings. The number of halogens is 2. The van der Waals surface area contributed by atoms with Crippen molar-refractivity contribution in [2.75, 3.05) is 5.32 Å². The number of benzene rings is 1. The van der Waals surface area contributed by atoms with Gasteiger partial charge in [-0.2, -0.15) is 0 Å². The molecule has 1 aromatic heterocycles. The topological polar surface area (TPSA) is 37.8 Å². The Kier molecular flexibility index (Phi) is 3.34. The molecule has 1 fully saturated rings. The zero-order valence-electron chi connectivity index (χ0n) is 11.1. The highest BCUT2D eigenvalue weighted by Crippen LogP contribution is 2.43. The van der Waals surface area contributed by atoms with E-state index in [-0.39, 0.29) is 29.4 Å². The quantitative estimate of drug-likeness (QED) is 0.930. The van der Waals surface area contributed by atoms with Crippen LogP contribution < -0.4 is 5.32 Å². The molecule has 20 heavy (non-hydrogen) atoms. The van der Waals surface area contributed by atoms with Crippen LogP contribution in [0.1, 0.15) is 30.5 Å². The second-order valence-corrected chi connectivity index (χ2v) is 4.98. The third-order valence-electron chi connectivity index (χ3n) is 3.59. The normalized spacial score (nSPS) is 20.8. The van der Waals surface area contributed by atoms with Crippen LogP contribution in [0.4, 0.5) is 14.6 Å². The minimum Gasteiger partial charge on any atom is -0.364 e. The van der Waals surface area contributed by atoms with Gasteiger partial charge in [-0.1, -0.05) is 19.1 Å². The summed E-state index contributed by atoms with van der Waals surface area (Å²) in [6.07, 6.45) is 2.75. The summed E-state index contributed by atoms with van der Waals surface area (Å²) in [5.41, 5.74) is 1.35. The van der Waals surface area contributed by atoms with Crippen LogP contribution in [0.2, 0.25) is 0 Å². The number of nitrogens with one attached hydrogen (secondary N) is 1. The van der Waals surface area contributed by atoms with Crippen molar-refractivity contribution in [3.63, 3.8) is 0 Å². The summed E-state index contributed by atoms with van der Waals surface area (Å²) < 4.78 is 27.2.